The van der Waals surface area contributed by atoms with E-state index in [2.05, 4.69) is 0 Å². The third-order valence-corrected chi connectivity index (χ3v) is 2.78. The minimum absolute atomic E-state index is 0.219. The zero-order valence-corrected chi connectivity index (χ0v) is 9.33. The monoisotopic (exact) mass is 223 g/mol. The van der Waals surface area contributed by atoms with Crippen LogP contribution in [0.2, 0.25) is 0 Å². The molecule has 1 aliphatic rings. The third kappa shape index (κ3) is 1.93. The number of carbonyl (C=O) groups is 1. The van der Waals surface area contributed by atoms with Crippen LogP contribution in [0.5, 0.6) is 0 Å². The summed E-state index contributed by atoms with van der Waals surface area (Å²) in [7, 11) is 0. The number of aryl methyl sites for hydroxylation is 1. The van der Waals surface area contributed by atoms with E-state index in [-0.39, 0.29) is 5.91 Å². The molecule has 0 bridgehead atoms. The highest BCUT2D eigenvalue weighted by molar-refractivity contribution is 5.96. The standard InChI is InChI=1S/C12H14FNO2/c1-8-3-4-9(13)5-10(8)11(15)14-6-12(2,16)7-14/h3-5,16H,6-7H2,1-2H3. The van der Waals surface area contributed by atoms with E-state index in [0.717, 1.165) is 5.56 Å². The van der Waals surface area contributed by atoms with Gasteiger partial charge in [-0.05, 0) is 31.5 Å². The molecule has 1 aromatic rings. The number of carbonyl (C=O) groups excluding carboxylic acids is 1. The maximum absolute atomic E-state index is 13.0. The van der Waals surface area contributed by atoms with E-state index in [1.807, 2.05) is 0 Å². The van der Waals surface area contributed by atoms with Gasteiger partial charge in [0.05, 0.1) is 18.7 Å². The molecule has 0 aliphatic carbocycles. The van der Waals surface area contributed by atoms with Crippen LogP contribution in [-0.4, -0.2) is 34.6 Å². The summed E-state index contributed by atoms with van der Waals surface area (Å²) < 4.78 is 13.0. The van der Waals surface area contributed by atoms with E-state index >= 15 is 0 Å². The first kappa shape index (κ1) is 11.1. The van der Waals surface area contributed by atoms with Gasteiger partial charge in [-0.1, -0.05) is 6.07 Å². The van der Waals surface area contributed by atoms with Crippen LogP contribution in [0.25, 0.3) is 0 Å². The molecule has 1 N–H and O–H groups in total. The predicted octanol–water partition coefficient (Wildman–Crippen LogP) is 1.34. The average Bonchev–Trinajstić information content (AvgIpc) is 2.17. The van der Waals surface area contributed by atoms with Crippen LogP contribution in [0.3, 0.4) is 0 Å². The summed E-state index contributed by atoms with van der Waals surface area (Å²) in [6.07, 6.45) is 0. The summed E-state index contributed by atoms with van der Waals surface area (Å²) in [4.78, 5) is 13.5. The van der Waals surface area contributed by atoms with E-state index in [1.54, 1.807) is 19.9 Å². The number of hydrogen-bond acceptors (Lipinski definition) is 2. The maximum atomic E-state index is 13.0. The van der Waals surface area contributed by atoms with E-state index < -0.39 is 11.4 Å². The van der Waals surface area contributed by atoms with E-state index in [1.165, 1.54) is 17.0 Å². The molecular formula is C12H14FNO2. The van der Waals surface area contributed by atoms with Crippen LogP contribution < -0.4 is 0 Å². The van der Waals surface area contributed by atoms with Crippen molar-refractivity contribution < 1.29 is 14.3 Å². The number of aliphatic hydroxyl groups is 1. The van der Waals surface area contributed by atoms with Gasteiger partial charge in [-0.2, -0.15) is 0 Å². The van der Waals surface area contributed by atoms with Gasteiger partial charge in [0.15, 0.2) is 0 Å². The lowest BCUT2D eigenvalue weighted by Crippen LogP contribution is -2.61. The number of halogens is 1. The first-order chi connectivity index (χ1) is 7.39. The van der Waals surface area contributed by atoms with Crippen molar-refractivity contribution in [1.82, 2.24) is 4.90 Å². The second-order valence-corrected chi connectivity index (χ2v) is 4.62. The fraction of sp³-hybridized carbons (Fsp3) is 0.417. The first-order valence-electron chi connectivity index (χ1n) is 5.17. The fourth-order valence-corrected chi connectivity index (χ4v) is 1.91. The second-order valence-electron chi connectivity index (χ2n) is 4.62. The Kier molecular flexibility index (Phi) is 2.46. The van der Waals surface area contributed by atoms with Crippen molar-refractivity contribution in [3.05, 3.63) is 35.1 Å². The molecule has 1 aliphatic heterocycles. The van der Waals surface area contributed by atoms with Gasteiger partial charge in [0.25, 0.3) is 5.91 Å². The molecular weight excluding hydrogens is 209 g/mol. The van der Waals surface area contributed by atoms with Gasteiger partial charge in [0.1, 0.15) is 5.82 Å². The topological polar surface area (TPSA) is 40.5 Å². The number of nitrogens with zero attached hydrogens (tertiary/aromatic N) is 1. The molecule has 2 rings (SSSR count). The van der Waals surface area contributed by atoms with E-state index in [9.17, 15) is 14.3 Å². The highest BCUT2D eigenvalue weighted by Gasteiger charge is 2.39. The average molecular weight is 223 g/mol. The normalized spacial score (nSPS) is 18.1. The number of hydrogen-bond donors (Lipinski definition) is 1. The molecule has 1 saturated heterocycles. The molecule has 4 heteroatoms. The molecule has 1 heterocycles. The van der Waals surface area contributed by atoms with Crippen LogP contribution in [-0.2, 0) is 0 Å². The van der Waals surface area contributed by atoms with Gasteiger partial charge in [0, 0.05) is 5.56 Å². The lowest BCUT2D eigenvalue weighted by Gasteiger charge is -2.44. The van der Waals surface area contributed by atoms with Crippen LogP contribution in [0, 0.1) is 12.7 Å². The van der Waals surface area contributed by atoms with Gasteiger partial charge in [-0.15, -0.1) is 0 Å². The summed E-state index contributed by atoms with van der Waals surface area (Å²) >= 11 is 0. The smallest absolute Gasteiger partial charge is 0.254 e. The summed E-state index contributed by atoms with van der Waals surface area (Å²) in [5, 5.41) is 9.54. The van der Waals surface area contributed by atoms with Gasteiger partial charge in [-0.3, -0.25) is 4.79 Å². The maximum Gasteiger partial charge on any atom is 0.254 e. The number of amides is 1. The molecule has 0 aromatic heterocycles. The van der Waals surface area contributed by atoms with Crippen LogP contribution in [0.15, 0.2) is 18.2 Å². The molecule has 16 heavy (non-hydrogen) atoms. The Bertz CT molecular complexity index is 435. The first-order valence-corrected chi connectivity index (χ1v) is 5.17. The van der Waals surface area contributed by atoms with Crippen molar-refractivity contribution in [3.63, 3.8) is 0 Å². The summed E-state index contributed by atoms with van der Waals surface area (Å²) in [5.74, 6) is -0.634. The minimum Gasteiger partial charge on any atom is -0.386 e. The second kappa shape index (κ2) is 3.56. The number of benzene rings is 1. The van der Waals surface area contributed by atoms with Crippen molar-refractivity contribution in [2.75, 3.05) is 13.1 Å². The Morgan fingerprint density at radius 2 is 2.12 bits per heavy atom. The zero-order chi connectivity index (χ0) is 11.9. The quantitative estimate of drug-likeness (QED) is 0.780. The van der Waals surface area contributed by atoms with Gasteiger partial charge >= 0.3 is 0 Å². The molecule has 1 amide bonds. The molecule has 0 atom stereocenters. The molecule has 86 valence electrons. The highest BCUT2D eigenvalue weighted by Crippen LogP contribution is 2.23. The van der Waals surface area contributed by atoms with Crippen molar-refractivity contribution in [2.24, 2.45) is 0 Å². The largest absolute Gasteiger partial charge is 0.386 e. The molecule has 0 unspecified atom stereocenters. The van der Waals surface area contributed by atoms with E-state index in [4.69, 9.17) is 0 Å². The predicted molar refractivity (Wildman–Crippen MR) is 57.7 cm³/mol. The van der Waals surface area contributed by atoms with Crippen LogP contribution in [0.4, 0.5) is 4.39 Å². The number of rotatable bonds is 1. The van der Waals surface area contributed by atoms with Crippen molar-refractivity contribution in [3.8, 4) is 0 Å². The third-order valence-electron chi connectivity index (χ3n) is 2.78. The van der Waals surface area contributed by atoms with Crippen molar-refractivity contribution in [2.45, 2.75) is 19.4 Å². The SMILES string of the molecule is Cc1ccc(F)cc1C(=O)N1CC(C)(O)C1. The Labute approximate surface area is 93.5 Å². The Balaban J connectivity index is 2.19. The molecule has 0 spiro atoms. The molecule has 1 aromatic carbocycles. The van der Waals surface area contributed by atoms with E-state index in [0.29, 0.717) is 18.7 Å². The lowest BCUT2D eigenvalue weighted by molar-refractivity contribution is -0.0669. The number of likely N-dealkylation sites (tertiary alicyclic amines) is 1. The fourth-order valence-electron chi connectivity index (χ4n) is 1.91. The Morgan fingerprint density at radius 3 is 2.69 bits per heavy atom. The van der Waals surface area contributed by atoms with Crippen molar-refractivity contribution in [1.29, 1.82) is 0 Å². The minimum atomic E-state index is -0.795. The Morgan fingerprint density at radius 1 is 1.50 bits per heavy atom. The Hall–Kier alpha value is -1.42. The molecule has 1 fully saturated rings. The van der Waals surface area contributed by atoms with Gasteiger partial charge in [-0.25, -0.2) is 4.39 Å². The summed E-state index contributed by atoms with van der Waals surface area (Å²) in [5.41, 5.74) is 0.324. The van der Waals surface area contributed by atoms with Gasteiger partial charge in [0.2, 0.25) is 0 Å². The molecule has 0 radical (unpaired) electrons. The van der Waals surface area contributed by atoms with Crippen molar-refractivity contribution >= 4 is 5.91 Å². The summed E-state index contributed by atoms with van der Waals surface area (Å²) in [6.45, 7) is 4.06. The van der Waals surface area contributed by atoms with Gasteiger partial charge < -0.3 is 10.0 Å². The molecule has 3 nitrogen and oxygen atoms in total. The summed E-state index contributed by atoms with van der Waals surface area (Å²) in [6, 6.07) is 4.16. The van der Waals surface area contributed by atoms with Crippen LogP contribution in [0.1, 0.15) is 22.8 Å². The highest BCUT2D eigenvalue weighted by atomic mass is 19.1. The molecule has 0 saturated carbocycles. The lowest BCUT2D eigenvalue weighted by atomic mass is 9.95. The number of β-amino-alcohol motifs (C(OH)–C–C–N with tert-alkyl or cyclic N) is 1. The van der Waals surface area contributed by atoms with Crippen LogP contribution >= 0.6 is 0 Å². The zero-order valence-electron chi connectivity index (χ0n) is 9.33.